The summed E-state index contributed by atoms with van der Waals surface area (Å²) in [6.45, 7) is 2.17. The van der Waals surface area contributed by atoms with Gasteiger partial charge in [-0.2, -0.15) is 5.26 Å². The average molecular weight is 634 g/mol. The molecule has 224 valence electrons. The number of ether oxygens (including phenoxy) is 3. The minimum absolute atomic E-state index is 0.188. The molecule has 0 radical (unpaired) electrons. The lowest BCUT2D eigenvalue weighted by atomic mass is 9.97. The zero-order chi connectivity index (χ0) is 31.3. The van der Waals surface area contributed by atoms with Gasteiger partial charge in [0.25, 0.3) is 5.56 Å². The van der Waals surface area contributed by atoms with Crippen LogP contribution < -0.4 is 24.4 Å². The Bertz CT molecular complexity index is 2110. The molecule has 0 fully saturated rings. The van der Waals surface area contributed by atoms with Gasteiger partial charge in [0.1, 0.15) is 12.6 Å². The van der Waals surface area contributed by atoms with Gasteiger partial charge in [-0.05, 0) is 48.2 Å². The van der Waals surface area contributed by atoms with Crippen LogP contribution in [0.3, 0.4) is 0 Å². The fourth-order valence-electron chi connectivity index (χ4n) is 5.09. The van der Waals surface area contributed by atoms with Crippen LogP contribution in [-0.2, 0) is 16.1 Å². The summed E-state index contributed by atoms with van der Waals surface area (Å²) < 4.78 is 19.4. The number of hydrogen-bond acceptors (Lipinski definition) is 9. The van der Waals surface area contributed by atoms with Crippen molar-refractivity contribution >= 4 is 40.4 Å². The Morgan fingerprint density at radius 2 is 1.84 bits per heavy atom. The normalized spacial score (nSPS) is 14.3. The molecule has 3 aromatic carbocycles. The summed E-state index contributed by atoms with van der Waals surface area (Å²) in [6.07, 6.45) is 1.77. The van der Waals surface area contributed by atoms with Crippen LogP contribution in [0.5, 0.6) is 11.5 Å². The van der Waals surface area contributed by atoms with Crippen molar-refractivity contribution < 1.29 is 19.0 Å². The predicted octanol–water partition coefficient (Wildman–Crippen LogP) is 5.46. The van der Waals surface area contributed by atoms with Crippen molar-refractivity contribution in [2.75, 3.05) is 13.7 Å². The van der Waals surface area contributed by atoms with Gasteiger partial charge in [-0.1, -0.05) is 72.0 Å². The third-order valence-electron chi connectivity index (χ3n) is 7.17. The standard InChI is InChI=1S/C35H27N3O5S2/c1-3-42-34(40)29-30(24-9-5-4-6-10-24)37-35-38(31(29)27-13-8-18-44-27)33(39)28(45-35)19-25-11-7-12-26(41-2)32(25)43-21-23-16-14-22(20-36)15-17-23/h4-19,31H,3,21H2,1-2H3/b28-19-/t31-/m0/s1. The average Bonchev–Trinajstić information content (AvgIpc) is 3.72. The number of thiazole rings is 1. The minimum Gasteiger partial charge on any atom is -0.493 e. The van der Waals surface area contributed by atoms with E-state index in [9.17, 15) is 9.59 Å². The number of aromatic nitrogens is 1. The first-order valence-electron chi connectivity index (χ1n) is 14.1. The molecule has 0 saturated carbocycles. The zero-order valence-corrected chi connectivity index (χ0v) is 26.1. The Labute approximate surface area is 267 Å². The van der Waals surface area contributed by atoms with Gasteiger partial charge in [-0.15, -0.1) is 11.3 Å². The SMILES string of the molecule is CCOC(=O)C1=C(c2ccccc2)N=c2s/c(=C\c3cccc(OC)c3OCc3ccc(C#N)cc3)c(=O)n2[C@H]1c1cccs1. The largest absolute Gasteiger partial charge is 0.493 e. The van der Waals surface area contributed by atoms with E-state index in [1.165, 1.54) is 22.7 Å². The second-order valence-corrected chi connectivity index (χ2v) is 11.9. The lowest BCUT2D eigenvalue weighted by Crippen LogP contribution is -2.39. The van der Waals surface area contributed by atoms with Crippen molar-refractivity contribution in [3.05, 3.63) is 143 Å². The number of nitriles is 1. The maximum Gasteiger partial charge on any atom is 0.338 e. The van der Waals surface area contributed by atoms with Crippen LogP contribution in [-0.4, -0.2) is 24.3 Å². The van der Waals surface area contributed by atoms with E-state index in [0.29, 0.717) is 43.2 Å². The highest BCUT2D eigenvalue weighted by Crippen LogP contribution is 2.37. The van der Waals surface area contributed by atoms with Crippen LogP contribution in [0, 0.1) is 11.3 Å². The van der Waals surface area contributed by atoms with Gasteiger partial charge in [0, 0.05) is 16.0 Å². The molecule has 6 rings (SSSR count). The number of benzene rings is 3. The molecule has 8 nitrogen and oxygen atoms in total. The van der Waals surface area contributed by atoms with Gasteiger partial charge < -0.3 is 14.2 Å². The first-order chi connectivity index (χ1) is 22.0. The van der Waals surface area contributed by atoms with E-state index in [1.54, 1.807) is 42.9 Å². The summed E-state index contributed by atoms with van der Waals surface area (Å²) in [7, 11) is 1.56. The highest BCUT2D eigenvalue weighted by molar-refractivity contribution is 7.10. The van der Waals surface area contributed by atoms with E-state index in [1.807, 2.05) is 72.1 Å². The summed E-state index contributed by atoms with van der Waals surface area (Å²) in [5.41, 5.74) is 3.35. The molecule has 0 aliphatic carbocycles. The number of esters is 1. The van der Waals surface area contributed by atoms with Crippen molar-refractivity contribution in [1.29, 1.82) is 5.26 Å². The van der Waals surface area contributed by atoms with Crippen LogP contribution in [0.1, 0.15) is 40.1 Å². The van der Waals surface area contributed by atoms with Gasteiger partial charge in [0.05, 0.1) is 41.2 Å². The molecule has 45 heavy (non-hydrogen) atoms. The van der Waals surface area contributed by atoms with E-state index in [0.717, 1.165) is 16.0 Å². The van der Waals surface area contributed by atoms with Crippen molar-refractivity contribution in [3.63, 3.8) is 0 Å². The number of rotatable bonds is 9. The van der Waals surface area contributed by atoms with E-state index in [-0.39, 0.29) is 18.8 Å². The molecule has 0 bridgehead atoms. The van der Waals surface area contributed by atoms with Gasteiger partial charge >= 0.3 is 5.97 Å². The number of carbonyl (C=O) groups is 1. The monoisotopic (exact) mass is 633 g/mol. The first kappa shape index (κ1) is 29.8. The third kappa shape index (κ3) is 5.96. The minimum atomic E-state index is -0.713. The lowest BCUT2D eigenvalue weighted by Gasteiger charge is -2.24. The molecule has 5 aromatic rings. The Balaban J connectivity index is 1.51. The summed E-state index contributed by atoms with van der Waals surface area (Å²) in [5.74, 6) is 0.471. The second kappa shape index (κ2) is 13.2. The fourth-order valence-corrected chi connectivity index (χ4v) is 6.91. The molecule has 0 unspecified atom stereocenters. The molecular formula is C35H27N3O5S2. The number of thiophene rings is 1. The van der Waals surface area contributed by atoms with Crippen molar-refractivity contribution in [3.8, 4) is 17.6 Å². The highest BCUT2D eigenvalue weighted by atomic mass is 32.1. The summed E-state index contributed by atoms with van der Waals surface area (Å²) in [6, 6.07) is 27.3. The van der Waals surface area contributed by atoms with E-state index in [2.05, 4.69) is 6.07 Å². The maximum atomic E-state index is 14.2. The Hall–Kier alpha value is -5.24. The van der Waals surface area contributed by atoms with Crippen molar-refractivity contribution in [2.45, 2.75) is 19.6 Å². The number of hydrogen-bond donors (Lipinski definition) is 0. The van der Waals surface area contributed by atoms with Crippen LogP contribution in [0.25, 0.3) is 11.8 Å². The number of carbonyl (C=O) groups excluding carboxylic acids is 1. The molecule has 0 saturated heterocycles. The van der Waals surface area contributed by atoms with Crippen LogP contribution >= 0.6 is 22.7 Å². The number of para-hydroxylation sites is 1. The van der Waals surface area contributed by atoms with Gasteiger partial charge in [-0.25, -0.2) is 9.79 Å². The number of fused-ring (bicyclic) bond motifs is 1. The third-order valence-corrected chi connectivity index (χ3v) is 9.08. The Morgan fingerprint density at radius 1 is 1.04 bits per heavy atom. The summed E-state index contributed by atoms with van der Waals surface area (Å²) in [4.78, 5) is 33.9. The van der Waals surface area contributed by atoms with E-state index >= 15 is 0 Å². The quantitative estimate of drug-likeness (QED) is 0.200. The molecule has 2 aromatic heterocycles. The zero-order valence-electron chi connectivity index (χ0n) is 24.4. The Kier molecular flexibility index (Phi) is 8.73. The van der Waals surface area contributed by atoms with Gasteiger partial charge in [0.2, 0.25) is 0 Å². The van der Waals surface area contributed by atoms with Gasteiger partial charge in [0.15, 0.2) is 16.3 Å². The van der Waals surface area contributed by atoms with Crippen molar-refractivity contribution in [1.82, 2.24) is 4.57 Å². The molecule has 1 aliphatic heterocycles. The molecule has 0 spiro atoms. The number of nitrogens with zero attached hydrogens (tertiary/aromatic N) is 3. The smallest absolute Gasteiger partial charge is 0.338 e. The molecule has 10 heteroatoms. The molecule has 0 N–H and O–H groups in total. The van der Waals surface area contributed by atoms with Crippen molar-refractivity contribution in [2.24, 2.45) is 4.99 Å². The summed E-state index contributed by atoms with van der Waals surface area (Å²) >= 11 is 2.71. The molecule has 1 atom stereocenters. The summed E-state index contributed by atoms with van der Waals surface area (Å²) in [5, 5.41) is 11.0. The van der Waals surface area contributed by atoms with Crippen LogP contribution in [0.2, 0.25) is 0 Å². The predicted molar refractivity (Wildman–Crippen MR) is 174 cm³/mol. The van der Waals surface area contributed by atoms with E-state index < -0.39 is 12.0 Å². The van der Waals surface area contributed by atoms with Crippen LogP contribution in [0.15, 0.2) is 106 Å². The molecule has 3 heterocycles. The fraction of sp³-hybridized carbons (Fsp3) is 0.143. The highest BCUT2D eigenvalue weighted by Gasteiger charge is 2.35. The number of methoxy groups -OCH3 is 1. The molecule has 1 aliphatic rings. The lowest BCUT2D eigenvalue weighted by molar-refractivity contribution is -0.138. The second-order valence-electron chi connectivity index (χ2n) is 9.92. The first-order valence-corrected chi connectivity index (χ1v) is 15.8. The Morgan fingerprint density at radius 3 is 2.53 bits per heavy atom. The topological polar surface area (TPSA) is 103 Å². The maximum absolute atomic E-state index is 14.2. The van der Waals surface area contributed by atoms with E-state index in [4.69, 9.17) is 24.5 Å². The van der Waals surface area contributed by atoms with Gasteiger partial charge in [-0.3, -0.25) is 9.36 Å². The molecular weight excluding hydrogens is 607 g/mol. The molecule has 0 amide bonds. The van der Waals surface area contributed by atoms with Crippen LogP contribution in [0.4, 0.5) is 0 Å².